The van der Waals surface area contributed by atoms with Crippen LogP contribution < -0.4 is 5.32 Å². The minimum absolute atomic E-state index is 0.186. The first kappa shape index (κ1) is 17.7. The molecule has 1 heterocycles. The molecule has 1 aliphatic rings. The van der Waals surface area contributed by atoms with Gasteiger partial charge in [-0.3, -0.25) is 4.79 Å². The SMILES string of the molecule is Cn1c(S[C@H](C(=O)Nc2ccc(F)cc2)c2ccccc2)nnc1C1CC1. The lowest BCUT2D eigenvalue weighted by molar-refractivity contribution is -0.115. The molecule has 3 aromatic rings. The van der Waals surface area contributed by atoms with E-state index in [-0.39, 0.29) is 11.7 Å². The number of benzene rings is 2. The summed E-state index contributed by atoms with van der Waals surface area (Å²) in [4.78, 5) is 13.0. The summed E-state index contributed by atoms with van der Waals surface area (Å²) in [6.07, 6.45) is 2.29. The van der Waals surface area contributed by atoms with E-state index in [0.717, 1.165) is 24.2 Å². The molecule has 1 fully saturated rings. The number of nitrogens with zero attached hydrogens (tertiary/aromatic N) is 3. The van der Waals surface area contributed by atoms with Crippen LogP contribution in [-0.2, 0) is 11.8 Å². The highest BCUT2D eigenvalue weighted by molar-refractivity contribution is 8.00. The molecular formula is C20H19FN4OS. The van der Waals surface area contributed by atoms with Crippen molar-refractivity contribution in [2.75, 3.05) is 5.32 Å². The first-order valence-corrected chi connectivity index (χ1v) is 9.67. The Hall–Kier alpha value is -2.67. The molecule has 27 heavy (non-hydrogen) atoms. The second-order valence-electron chi connectivity index (χ2n) is 6.58. The maximum absolute atomic E-state index is 13.1. The third-order valence-electron chi connectivity index (χ3n) is 4.49. The Labute approximate surface area is 161 Å². The normalized spacial score (nSPS) is 14.7. The molecular weight excluding hydrogens is 363 g/mol. The molecule has 138 valence electrons. The molecule has 0 unspecified atom stereocenters. The summed E-state index contributed by atoms with van der Waals surface area (Å²) in [7, 11) is 1.94. The van der Waals surface area contributed by atoms with E-state index in [1.807, 2.05) is 41.9 Å². The van der Waals surface area contributed by atoms with Crippen molar-refractivity contribution < 1.29 is 9.18 Å². The van der Waals surface area contributed by atoms with E-state index >= 15 is 0 Å². The summed E-state index contributed by atoms with van der Waals surface area (Å²) >= 11 is 1.37. The van der Waals surface area contributed by atoms with Gasteiger partial charge in [-0.05, 0) is 42.7 Å². The zero-order chi connectivity index (χ0) is 18.8. The van der Waals surface area contributed by atoms with Crippen molar-refractivity contribution in [2.45, 2.75) is 29.2 Å². The molecule has 0 aliphatic heterocycles. The molecule has 1 aliphatic carbocycles. The van der Waals surface area contributed by atoms with E-state index in [1.165, 1.54) is 23.9 Å². The summed E-state index contributed by atoms with van der Waals surface area (Å²) in [5, 5.41) is 11.7. The van der Waals surface area contributed by atoms with Crippen molar-refractivity contribution in [1.29, 1.82) is 0 Å². The Morgan fingerprint density at radius 2 is 1.85 bits per heavy atom. The largest absolute Gasteiger partial charge is 0.325 e. The lowest BCUT2D eigenvalue weighted by Gasteiger charge is -2.16. The number of halogens is 1. The Morgan fingerprint density at radius 1 is 1.15 bits per heavy atom. The number of nitrogens with one attached hydrogen (secondary N) is 1. The molecule has 0 bridgehead atoms. The molecule has 7 heteroatoms. The van der Waals surface area contributed by atoms with Crippen LogP contribution in [-0.4, -0.2) is 20.7 Å². The van der Waals surface area contributed by atoms with Gasteiger partial charge in [-0.15, -0.1) is 10.2 Å². The number of anilines is 1. The molecule has 1 atom stereocenters. The van der Waals surface area contributed by atoms with Gasteiger partial charge in [0.25, 0.3) is 0 Å². The second-order valence-corrected chi connectivity index (χ2v) is 7.65. The Bertz CT molecular complexity index is 938. The van der Waals surface area contributed by atoms with Crippen LogP contribution in [0.3, 0.4) is 0 Å². The third-order valence-corrected chi connectivity index (χ3v) is 5.77. The van der Waals surface area contributed by atoms with Crippen molar-refractivity contribution in [1.82, 2.24) is 14.8 Å². The van der Waals surface area contributed by atoms with Gasteiger partial charge in [-0.25, -0.2) is 4.39 Å². The molecule has 4 rings (SSSR count). The van der Waals surface area contributed by atoms with Gasteiger partial charge in [0.1, 0.15) is 16.9 Å². The molecule has 1 aromatic heterocycles. The topological polar surface area (TPSA) is 59.8 Å². The maximum atomic E-state index is 13.1. The number of aromatic nitrogens is 3. The van der Waals surface area contributed by atoms with Crippen molar-refractivity contribution in [2.24, 2.45) is 7.05 Å². The smallest absolute Gasteiger partial charge is 0.242 e. The van der Waals surface area contributed by atoms with Gasteiger partial charge in [0.15, 0.2) is 5.16 Å². The Balaban J connectivity index is 1.59. The van der Waals surface area contributed by atoms with Gasteiger partial charge in [-0.2, -0.15) is 0 Å². The van der Waals surface area contributed by atoms with Crippen LogP contribution in [0.2, 0.25) is 0 Å². The van der Waals surface area contributed by atoms with Crippen LogP contribution in [0.4, 0.5) is 10.1 Å². The fraction of sp³-hybridized carbons (Fsp3) is 0.250. The van der Waals surface area contributed by atoms with E-state index in [0.29, 0.717) is 16.8 Å². The van der Waals surface area contributed by atoms with Gasteiger partial charge in [-0.1, -0.05) is 42.1 Å². The van der Waals surface area contributed by atoms with Crippen LogP contribution in [0, 0.1) is 5.82 Å². The number of hydrogen-bond donors (Lipinski definition) is 1. The summed E-state index contributed by atoms with van der Waals surface area (Å²) in [5.74, 6) is 0.936. The highest BCUT2D eigenvalue weighted by atomic mass is 32.2. The standard InChI is InChI=1S/C20H19FN4OS/c1-25-18(14-7-8-14)23-24-20(25)27-17(13-5-3-2-4-6-13)19(26)22-16-11-9-15(21)10-12-16/h2-6,9-12,14,17H,7-8H2,1H3,(H,22,26)/t17-/m0/s1. The lowest BCUT2D eigenvalue weighted by Crippen LogP contribution is -2.19. The highest BCUT2D eigenvalue weighted by Crippen LogP contribution is 2.41. The molecule has 0 radical (unpaired) electrons. The van der Waals surface area contributed by atoms with Crippen LogP contribution >= 0.6 is 11.8 Å². The number of amides is 1. The number of thioether (sulfide) groups is 1. The maximum Gasteiger partial charge on any atom is 0.242 e. The summed E-state index contributed by atoms with van der Waals surface area (Å²) in [6, 6.07) is 15.3. The first-order chi connectivity index (χ1) is 13.1. The molecule has 0 saturated heterocycles. The molecule has 1 saturated carbocycles. The molecule has 0 spiro atoms. The van der Waals surface area contributed by atoms with Crippen molar-refractivity contribution in [3.05, 3.63) is 71.8 Å². The van der Waals surface area contributed by atoms with Crippen LogP contribution in [0.5, 0.6) is 0 Å². The molecule has 1 amide bonds. The minimum Gasteiger partial charge on any atom is -0.325 e. The summed E-state index contributed by atoms with van der Waals surface area (Å²) in [6.45, 7) is 0. The van der Waals surface area contributed by atoms with Gasteiger partial charge in [0.2, 0.25) is 5.91 Å². The predicted octanol–water partition coefficient (Wildman–Crippen LogP) is 4.30. The highest BCUT2D eigenvalue weighted by Gasteiger charge is 2.31. The van der Waals surface area contributed by atoms with E-state index in [1.54, 1.807) is 12.1 Å². The van der Waals surface area contributed by atoms with Crippen molar-refractivity contribution in [3.63, 3.8) is 0 Å². The fourth-order valence-electron chi connectivity index (χ4n) is 2.87. The monoisotopic (exact) mass is 382 g/mol. The molecule has 5 nitrogen and oxygen atoms in total. The Kier molecular flexibility index (Phi) is 4.94. The van der Waals surface area contributed by atoms with Crippen LogP contribution in [0.1, 0.15) is 35.4 Å². The van der Waals surface area contributed by atoms with E-state index in [4.69, 9.17) is 0 Å². The van der Waals surface area contributed by atoms with Crippen molar-refractivity contribution >= 4 is 23.4 Å². The van der Waals surface area contributed by atoms with Gasteiger partial charge in [0.05, 0.1) is 0 Å². The first-order valence-electron chi connectivity index (χ1n) is 8.79. The Morgan fingerprint density at radius 3 is 2.52 bits per heavy atom. The zero-order valence-electron chi connectivity index (χ0n) is 14.8. The number of rotatable bonds is 6. The predicted molar refractivity (Wildman–Crippen MR) is 103 cm³/mol. The molecule has 2 aromatic carbocycles. The lowest BCUT2D eigenvalue weighted by atomic mass is 10.1. The minimum atomic E-state index is -0.494. The average Bonchev–Trinajstić information content (AvgIpc) is 3.46. The van der Waals surface area contributed by atoms with Crippen LogP contribution in [0.25, 0.3) is 0 Å². The third kappa shape index (κ3) is 4.03. The van der Waals surface area contributed by atoms with E-state index in [9.17, 15) is 9.18 Å². The summed E-state index contributed by atoms with van der Waals surface area (Å²) in [5.41, 5.74) is 1.43. The fourth-order valence-corrected chi connectivity index (χ4v) is 3.88. The second kappa shape index (κ2) is 7.52. The summed E-state index contributed by atoms with van der Waals surface area (Å²) < 4.78 is 15.1. The van der Waals surface area contributed by atoms with Crippen molar-refractivity contribution in [3.8, 4) is 0 Å². The average molecular weight is 382 g/mol. The number of carbonyl (C=O) groups is 1. The van der Waals surface area contributed by atoms with E-state index in [2.05, 4.69) is 15.5 Å². The van der Waals surface area contributed by atoms with E-state index < -0.39 is 5.25 Å². The zero-order valence-corrected chi connectivity index (χ0v) is 15.6. The van der Waals surface area contributed by atoms with Gasteiger partial charge in [0, 0.05) is 18.7 Å². The van der Waals surface area contributed by atoms with Gasteiger partial charge < -0.3 is 9.88 Å². The molecule has 1 N–H and O–H groups in total. The number of carbonyl (C=O) groups excluding carboxylic acids is 1. The quantitative estimate of drug-likeness (QED) is 0.646. The van der Waals surface area contributed by atoms with Crippen LogP contribution in [0.15, 0.2) is 59.8 Å². The van der Waals surface area contributed by atoms with Gasteiger partial charge >= 0.3 is 0 Å². The number of hydrogen-bond acceptors (Lipinski definition) is 4.